The lowest BCUT2D eigenvalue weighted by molar-refractivity contribution is -0.117. The number of amides is 1. The van der Waals surface area contributed by atoms with E-state index < -0.39 is 0 Å². The molecule has 38 heavy (non-hydrogen) atoms. The molecule has 1 saturated heterocycles. The van der Waals surface area contributed by atoms with Crippen LogP contribution in [0, 0.1) is 17.2 Å². The normalized spacial score (nSPS) is 17.6. The summed E-state index contributed by atoms with van der Waals surface area (Å²) >= 11 is 0. The van der Waals surface area contributed by atoms with E-state index in [2.05, 4.69) is 38.7 Å². The van der Waals surface area contributed by atoms with Gasteiger partial charge in [0.1, 0.15) is 5.52 Å². The Morgan fingerprint density at radius 3 is 2.76 bits per heavy atom. The molecule has 0 unspecified atom stereocenters. The minimum absolute atomic E-state index is 0.0965. The van der Waals surface area contributed by atoms with Crippen molar-refractivity contribution in [3.63, 3.8) is 0 Å². The number of rotatable bonds is 6. The predicted octanol–water partition coefficient (Wildman–Crippen LogP) is 4.60. The largest absolute Gasteiger partial charge is 0.368 e. The molecule has 0 saturated carbocycles. The van der Waals surface area contributed by atoms with Crippen molar-refractivity contribution in [2.75, 3.05) is 43.4 Å². The number of anilines is 2. The average Bonchev–Trinajstić information content (AvgIpc) is 3.55. The van der Waals surface area contributed by atoms with E-state index in [1.807, 2.05) is 56.0 Å². The second-order valence-electron chi connectivity index (χ2n) is 10.3. The highest BCUT2D eigenvalue weighted by Gasteiger charge is 2.26. The van der Waals surface area contributed by atoms with Crippen molar-refractivity contribution in [1.82, 2.24) is 19.3 Å². The maximum atomic E-state index is 12.3. The molecular weight excluding hydrogens is 474 g/mol. The van der Waals surface area contributed by atoms with Crippen molar-refractivity contribution in [2.24, 2.45) is 5.92 Å². The van der Waals surface area contributed by atoms with Crippen LogP contribution in [-0.2, 0) is 11.2 Å². The van der Waals surface area contributed by atoms with E-state index in [1.54, 1.807) is 4.90 Å². The Labute approximate surface area is 222 Å². The summed E-state index contributed by atoms with van der Waals surface area (Å²) in [5, 5.41) is 13.0. The van der Waals surface area contributed by atoms with Crippen LogP contribution in [0.15, 0.2) is 55.0 Å². The highest BCUT2D eigenvalue weighted by atomic mass is 16.2. The van der Waals surface area contributed by atoms with E-state index in [0.717, 1.165) is 64.7 Å². The van der Waals surface area contributed by atoms with E-state index in [0.29, 0.717) is 17.9 Å². The van der Waals surface area contributed by atoms with Crippen LogP contribution >= 0.6 is 0 Å². The van der Waals surface area contributed by atoms with E-state index >= 15 is 0 Å². The first-order chi connectivity index (χ1) is 18.6. The standard InChI is InChI=1S/C30H31N7O/c1-3-36-12-4-5-21(18-36)16-33-30-26-17-32-19-37(26)29(28(34-30)22-8-6-20(15-31)7-9-22)23-10-11-25-24(13-23)14-27(38)35(25)2/h6-11,13,17,19,21H,3-5,12,14,16,18H2,1-2H3,(H,33,34)/t21-/m0/s1. The lowest BCUT2D eigenvalue weighted by atomic mass is 9.98. The van der Waals surface area contributed by atoms with Gasteiger partial charge in [-0.15, -0.1) is 0 Å². The van der Waals surface area contributed by atoms with Gasteiger partial charge in [-0.05, 0) is 61.7 Å². The molecule has 1 atom stereocenters. The Bertz CT molecular complexity index is 1550. The number of nitriles is 1. The summed E-state index contributed by atoms with van der Waals surface area (Å²) in [6.45, 7) is 6.44. The smallest absolute Gasteiger partial charge is 0.231 e. The molecule has 8 nitrogen and oxygen atoms in total. The Kier molecular flexibility index (Phi) is 6.30. The number of likely N-dealkylation sites (tertiary alicyclic amines) is 1. The third-order valence-corrected chi connectivity index (χ3v) is 7.90. The number of carbonyl (C=O) groups excluding carboxylic acids is 1. The highest BCUT2D eigenvalue weighted by molar-refractivity contribution is 6.01. The summed E-state index contributed by atoms with van der Waals surface area (Å²) in [6.07, 6.45) is 6.51. The summed E-state index contributed by atoms with van der Waals surface area (Å²) in [6, 6.07) is 15.9. The van der Waals surface area contributed by atoms with Gasteiger partial charge >= 0.3 is 0 Å². The van der Waals surface area contributed by atoms with Crippen molar-refractivity contribution in [3.05, 3.63) is 66.1 Å². The van der Waals surface area contributed by atoms with E-state index in [4.69, 9.17) is 4.98 Å². The molecule has 192 valence electrons. The van der Waals surface area contributed by atoms with Gasteiger partial charge in [0.05, 0.1) is 42.0 Å². The van der Waals surface area contributed by atoms with Crippen LogP contribution in [0.2, 0.25) is 0 Å². The zero-order chi connectivity index (χ0) is 26.2. The first kappa shape index (κ1) is 24.1. The molecular formula is C30H31N7O. The molecule has 0 radical (unpaired) electrons. The number of aromatic nitrogens is 3. The van der Waals surface area contributed by atoms with E-state index in [1.165, 1.54) is 19.4 Å². The maximum Gasteiger partial charge on any atom is 0.231 e. The number of nitrogens with one attached hydrogen (secondary N) is 1. The lowest BCUT2D eigenvalue weighted by Crippen LogP contribution is -2.37. The zero-order valence-corrected chi connectivity index (χ0v) is 21.8. The van der Waals surface area contributed by atoms with Gasteiger partial charge in [0.25, 0.3) is 0 Å². The van der Waals surface area contributed by atoms with Gasteiger partial charge in [-0.2, -0.15) is 5.26 Å². The summed E-state index contributed by atoms with van der Waals surface area (Å²) in [7, 11) is 1.82. The van der Waals surface area contributed by atoms with E-state index in [9.17, 15) is 10.1 Å². The summed E-state index contributed by atoms with van der Waals surface area (Å²) in [5.41, 5.74) is 7.07. The summed E-state index contributed by atoms with van der Waals surface area (Å²) in [4.78, 5) is 26.2. The lowest BCUT2D eigenvalue weighted by Gasteiger charge is -2.32. The van der Waals surface area contributed by atoms with Crippen molar-refractivity contribution < 1.29 is 4.79 Å². The molecule has 6 rings (SSSR count). The maximum absolute atomic E-state index is 12.3. The van der Waals surface area contributed by atoms with Gasteiger partial charge in [0.15, 0.2) is 5.82 Å². The highest BCUT2D eigenvalue weighted by Crippen LogP contribution is 2.38. The van der Waals surface area contributed by atoms with Crippen LogP contribution < -0.4 is 10.2 Å². The Balaban J connectivity index is 1.45. The second-order valence-corrected chi connectivity index (χ2v) is 10.3. The first-order valence-electron chi connectivity index (χ1n) is 13.3. The van der Waals surface area contributed by atoms with Crippen molar-refractivity contribution in [3.8, 4) is 28.6 Å². The molecule has 4 heterocycles. The Morgan fingerprint density at radius 1 is 1.16 bits per heavy atom. The van der Waals surface area contributed by atoms with Crippen LogP contribution in [0.4, 0.5) is 11.5 Å². The Morgan fingerprint density at radius 2 is 1.97 bits per heavy atom. The third kappa shape index (κ3) is 4.29. The zero-order valence-electron chi connectivity index (χ0n) is 21.8. The van der Waals surface area contributed by atoms with Crippen molar-refractivity contribution in [1.29, 1.82) is 5.26 Å². The van der Waals surface area contributed by atoms with Crippen LogP contribution in [0.5, 0.6) is 0 Å². The topological polar surface area (TPSA) is 89.6 Å². The number of carbonyl (C=O) groups is 1. The van der Waals surface area contributed by atoms with Crippen LogP contribution in [0.1, 0.15) is 30.9 Å². The second kappa shape index (κ2) is 9.92. The number of imidazole rings is 1. The minimum atomic E-state index is 0.0965. The molecule has 2 aromatic heterocycles. The van der Waals surface area contributed by atoms with Gasteiger partial charge < -0.3 is 15.1 Å². The first-order valence-corrected chi connectivity index (χ1v) is 13.3. The molecule has 0 aliphatic carbocycles. The van der Waals surface area contributed by atoms with Gasteiger partial charge in [0, 0.05) is 37.0 Å². The molecule has 1 amide bonds. The molecule has 1 fully saturated rings. The molecule has 0 bridgehead atoms. The Hall–Kier alpha value is -4.22. The molecule has 4 aromatic rings. The number of nitrogens with zero attached hydrogens (tertiary/aromatic N) is 6. The quantitative estimate of drug-likeness (QED) is 0.412. The van der Waals surface area contributed by atoms with Crippen molar-refractivity contribution >= 4 is 22.9 Å². The summed E-state index contributed by atoms with van der Waals surface area (Å²) < 4.78 is 2.09. The SMILES string of the molecule is CCN1CCC[C@@H](CNc2nc(-c3ccc(C#N)cc3)c(-c3ccc4c(c3)CC(=O)N4C)n3cncc23)C1. The number of benzene rings is 2. The monoisotopic (exact) mass is 505 g/mol. The fourth-order valence-electron chi connectivity index (χ4n) is 5.76. The summed E-state index contributed by atoms with van der Waals surface area (Å²) in [5.74, 6) is 1.47. The fourth-order valence-corrected chi connectivity index (χ4v) is 5.76. The van der Waals surface area contributed by atoms with Crippen molar-refractivity contribution in [2.45, 2.75) is 26.2 Å². The molecule has 2 aliphatic heterocycles. The third-order valence-electron chi connectivity index (χ3n) is 7.90. The molecule has 2 aromatic carbocycles. The number of hydrogen-bond acceptors (Lipinski definition) is 6. The number of piperidine rings is 1. The molecule has 8 heteroatoms. The molecule has 0 spiro atoms. The average molecular weight is 506 g/mol. The van der Waals surface area contributed by atoms with Gasteiger partial charge in [-0.3, -0.25) is 9.20 Å². The van der Waals surface area contributed by atoms with Crippen LogP contribution in [0.25, 0.3) is 28.0 Å². The fraction of sp³-hybridized carbons (Fsp3) is 0.333. The number of fused-ring (bicyclic) bond motifs is 2. The van der Waals surface area contributed by atoms with Gasteiger partial charge in [-0.1, -0.05) is 25.1 Å². The minimum Gasteiger partial charge on any atom is -0.368 e. The van der Waals surface area contributed by atoms with Gasteiger partial charge in [0.2, 0.25) is 5.91 Å². The van der Waals surface area contributed by atoms with Crippen LogP contribution in [0.3, 0.4) is 0 Å². The van der Waals surface area contributed by atoms with Gasteiger partial charge in [-0.25, -0.2) is 9.97 Å². The van der Waals surface area contributed by atoms with Crippen LogP contribution in [-0.4, -0.2) is 58.4 Å². The number of likely N-dealkylation sites (N-methyl/N-ethyl adjacent to an activating group) is 1. The number of hydrogen-bond donors (Lipinski definition) is 1. The van der Waals surface area contributed by atoms with E-state index in [-0.39, 0.29) is 5.91 Å². The molecule has 1 N–H and O–H groups in total. The molecule has 2 aliphatic rings. The predicted molar refractivity (Wildman–Crippen MR) is 149 cm³/mol.